The molecule has 1 aliphatic heterocycles. The van der Waals surface area contributed by atoms with Crippen molar-refractivity contribution in [2.75, 3.05) is 0 Å². The van der Waals surface area contributed by atoms with E-state index in [1.807, 2.05) is 13.8 Å². The zero-order chi connectivity index (χ0) is 25.5. The van der Waals surface area contributed by atoms with Gasteiger partial charge in [0, 0.05) is 5.56 Å². The lowest BCUT2D eigenvalue weighted by molar-refractivity contribution is -0.136. The Morgan fingerprint density at radius 3 is 2.00 bits per heavy atom. The number of carbonyl (C=O) groups is 1. The quantitative estimate of drug-likeness (QED) is 0.295. The fraction of sp³-hybridized carbons (Fsp3) is 0.710. The first-order valence-corrected chi connectivity index (χ1v) is 13.7. The summed E-state index contributed by atoms with van der Waals surface area (Å²) in [6.45, 7) is 17.8. The molecule has 0 bridgehead atoms. The zero-order valence-corrected chi connectivity index (χ0v) is 23.2. The molecule has 0 saturated heterocycles. The summed E-state index contributed by atoms with van der Waals surface area (Å²) in [5.74, 6) is 2.60. The third-order valence-electron chi connectivity index (χ3n) is 7.97. The Hall–Kier alpha value is -1.77. The Bertz CT molecular complexity index is 851. The van der Waals surface area contributed by atoms with Crippen LogP contribution in [0.3, 0.4) is 0 Å². The van der Waals surface area contributed by atoms with E-state index < -0.39 is 5.97 Å². The molecule has 3 heteroatoms. The number of hydrogen-bond acceptors (Lipinski definition) is 2. The Morgan fingerprint density at radius 2 is 1.44 bits per heavy atom. The molecule has 0 radical (unpaired) electrons. The van der Waals surface area contributed by atoms with Crippen molar-refractivity contribution in [3.8, 4) is 5.75 Å². The van der Waals surface area contributed by atoms with Crippen molar-refractivity contribution in [2.45, 2.75) is 125 Å². The molecule has 34 heavy (non-hydrogen) atoms. The van der Waals surface area contributed by atoms with Crippen LogP contribution in [0, 0.1) is 38.5 Å². The Balaban J connectivity index is 1.84. The third-order valence-corrected chi connectivity index (χ3v) is 7.97. The molecule has 1 aromatic rings. The molecule has 0 aliphatic carbocycles. The van der Waals surface area contributed by atoms with E-state index in [1.165, 1.54) is 44.9 Å². The molecule has 1 aromatic carbocycles. The first kappa shape index (κ1) is 28.5. The largest absolute Gasteiger partial charge is 0.483 e. The lowest BCUT2D eigenvalue weighted by Crippen LogP contribution is -2.33. The van der Waals surface area contributed by atoms with E-state index in [1.54, 1.807) is 0 Å². The van der Waals surface area contributed by atoms with Crippen molar-refractivity contribution >= 4 is 12.0 Å². The van der Waals surface area contributed by atoms with Crippen LogP contribution < -0.4 is 4.74 Å². The van der Waals surface area contributed by atoms with Gasteiger partial charge < -0.3 is 9.84 Å². The summed E-state index contributed by atoms with van der Waals surface area (Å²) >= 11 is 0. The molecule has 3 nitrogen and oxygen atoms in total. The number of ether oxygens (including phenoxy) is 1. The van der Waals surface area contributed by atoms with E-state index in [0.29, 0.717) is 0 Å². The fourth-order valence-corrected chi connectivity index (χ4v) is 5.40. The fourth-order valence-electron chi connectivity index (χ4n) is 5.40. The summed E-state index contributed by atoms with van der Waals surface area (Å²) in [7, 11) is 0. The molecule has 1 heterocycles. The molecule has 1 aliphatic rings. The molecule has 1 N–H and O–H groups in total. The summed E-state index contributed by atoms with van der Waals surface area (Å²) in [6, 6.07) is 0. The van der Waals surface area contributed by atoms with Crippen LogP contribution in [0.5, 0.6) is 5.75 Å². The molecule has 2 rings (SSSR count). The summed E-state index contributed by atoms with van der Waals surface area (Å²) < 4.78 is 6.59. The number of carboxylic acids is 1. The SMILES string of the molecule is Cc1c(C)c2c(c(C)c1CC(=O)O)C=C[C@@](C)(CCC[C@H](C)CCC[C@H](C)CCCC(C)C)O2. The molecule has 0 fully saturated rings. The van der Waals surface area contributed by atoms with Gasteiger partial charge in [0.05, 0.1) is 6.42 Å². The van der Waals surface area contributed by atoms with Gasteiger partial charge in [-0.05, 0) is 86.6 Å². The van der Waals surface area contributed by atoms with Crippen LogP contribution in [-0.2, 0) is 11.2 Å². The van der Waals surface area contributed by atoms with Crippen LogP contribution in [0.15, 0.2) is 6.08 Å². The molecule has 0 unspecified atom stereocenters. The molecule has 192 valence electrons. The second-order valence-corrected chi connectivity index (χ2v) is 11.8. The summed E-state index contributed by atoms with van der Waals surface area (Å²) in [5.41, 5.74) is 4.82. The highest BCUT2D eigenvalue weighted by atomic mass is 16.5. The van der Waals surface area contributed by atoms with Crippen molar-refractivity contribution in [3.63, 3.8) is 0 Å². The topological polar surface area (TPSA) is 46.5 Å². The van der Waals surface area contributed by atoms with E-state index in [2.05, 4.69) is 53.7 Å². The van der Waals surface area contributed by atoms with Gasteiger partial charge >= 0.3 is 5.97 Å². The van der Waals surface area contributed by atoms with Gasteiger partial charge in [-0.15, -0.1) is 0 Å². The van der Waals surface area contributed by atoms with Crippen LogP contribution in [0.2, 0.25) is 0 Å². The molecule has 0 spiro atoms. The number of carboxylic acid groups (broad SMARTS) is 1. The smallest absolute Gasteiger partial charge is 0.307 e. The number of benzene rings is 1. The van der Waals surface area contributed by atoms with Gasteiger partial charge in [0.1, 0.15) is 11.4 Å². The van der Waals surface area contributed by atoms with Crippen molar-refractivity contribution in [1.82, 2.24) is 0 Å². The lowest BCUT2D eigenvalue weighted by atomic mass is 9.86. The summed E-state index contributed by atoms with van der Waals surface area (Å²) in [6.07, 6.45) is 16.0. The van der Waals surface area contributed by atoms with Crippen LogP contribution in [0.1, 0.15) is 120 Å². The minimum atomic E-state index is -0.786. The second-order valence-electron chi connectivity index (χ2n) is 11.8. The molecule has 0 amide bonds. The van der Waals surface area contributed by atoms with Gasteiger partial charge in [-0.2, -0.15) is 0 Å². The van der Waals surface area contributed by atoms with Crippen molar-refractivity contribution in [2.24, 2.45) is 17.8 Å². The Kier molecular flexibility index (Phi) is 10.7. The van der Waals surface area contributed by atoms with Crippen molar-refractivity contribution in [1.29, 1.82) is 0 Å². The predicted octanol–water partition coefficient (Wildman–Crippen LogP) is 8.84. The second kappa shape index (κ2) is 12.8. The van der Waals surface area contributed by atoms with Crippen LogP contribution in [-0.4, -0.2) is 16.7 Å². The minimum Gasteiger partial charge on any atom is -0.483 e. The van der Waals surface area contributed by atoms with Crippen molar-refractivity contribution < 1.29 is 14.6 Å². The highest BCUT2D eigenvalue weighted by Crippen LogP contribution is 2.41. The standard InChI is InChI=1S/C31H50O3/c1-21(2)12-9-13-22(3)14-10-15-23(4)16-11-18-31(8)19-17-27-26(7)28(20-29(32)33)24(5)25(6)30(27)34-31/h17,19,21-23H,9-16,18,20H2,1-8H3,(H,32,33)/t22-,23-,31-/m1/s1. The zero-order valence-electron chi connectivity index (χ0n) is 23.2. The van der Waals surface area contributed by atoms with Gasteiger partial charge in [0.2, 0.25) is 0 Å². The average Bonchev–Trinajstić information content (AvgIpc) is 2.74. The van der Waals surface area contributed by atoms with E-state index >= 15 is 0 Å². The Morgan fingerprint density at radius 1 is 0.882 bits per heavy atom. The highest BCUT2D eigenvalue weighted by Gasteiger charge is 2.30. The Labute approximate surface area is 209 Å². The van der Waals surface area contributed by atoms with Crippen LogP contribution in [0.4, 0.5) is 0 Å². The van der Waals surface area contributed by atoms with Crippen molar-refractivity contribution in [3.05, 3.63) is 33.9 Å². The molecule has 0 saturated carbocycles. The van der Waals surface area contributed by atoms with Crippen LogP contribution in [0.25, 0.3) is 6.08 Å². The summed E-state index contributed by atoms with van der Waals surface area (Å²) in [5, 5.41) is 9.32. The van der Waals surface area contributed by atoms with E-state index in [-0.39, 0.29) is 12.0 Å². The third kappa shape index (κ3) is 8.17. The first-order valence-electron chi connectivity index (χ1n) is 13.7. The maximum Gasteiger partial charge on any atom is 0.307 e. The van der Waals surface area contributed by atoms with Gasteiger partial charge in [0.15, 0.2) is 0 Å². The number of aliphatic carboxylic acids is 1. The number of fused-ring (bicyclic) bond motifs is 1. The van der Waals surface area contributed by atoms with E-state index in [9.17, 15) is 9.90 Å². The highest BCUT2D eigenvalue weighted by molar-refractivity contribution is 5.76. The molecular weight excluding hydrogens is 420 g/mol. The molecular formula is C31H50O3. The van der Waals surface area contributed by atoms with Gasteiger partial charge in [-0.1, -0.05) is 78.7 Å². The van der Waals surface area contributed by atoms with Gasteiger partial charge in [0.25, 0.3) is 0 Å². The monoisotopic (exact) mass is 470 g/mol. The minimum absolute atomic E-state index is 0.0610. The molecule has 3 atom stereocenters. The maximum absolute atomic E-state index is 11.3. The normalized spacial score (nSPS) is 19.1. The van der Waals surface area contributed by atoms with Crippen LogP contribution >= 0.6 is 0 Å². The maximum atomic E-state index is 11.3. The first-order chi connectivity index (χ1) is 15.9. The lowest BCUT2D eigenvalue weighted by Gasteiger charge is -2.34. The number of rotatable bonds is 14. The van der Waals surface area contributed by atoms with E-state index in [4.69, 9.17) is 4.74 Å². The number of hydrogen-bond donors (Lipinski definition) is 1. The van der Waals surface area contributed by atoms with Gasteiger partial charge in [-0.25, -0.2) is 0 Å². The van der Waals surface area contributed by atoms with Gasteiger partial charge in [-0.3, -0.25) is 4.79 Å². The van der Waals surface area contributed by atoms with E-state index in [0.717, 1.165) is 64.2 Å². The average molecular weight is 471 g/mol. The predicted molar refractivity (Wildman–Crippen MR) is 145 cm³/mol. The summed E-state index contributed by atoms with van der Waals surface area (Å²) in [4.78, 5) is 11.3. The molecule has 0 aromatic heterocycles.